The van der Waals surface area contributed by atoms with Crippen LogP contribution in [0.15, 0.2) is 70.2 Å². The second-order valence-electron chi connectivity index (χ2n) is 14.9. The molecule has 3 radical (unpaired) electrons. The number of halogens is 1. The summed E-state index contributed by atoms with van der Waals surface area (Å²) in [5, 5.41) is 6.58. The Morgan fingerprint density at radius 1 is 0.778 bits per heavy atom. The van der Waals surface area contributed by atoms with E-state index >= 15 is 0 Å². The Labute approximate surface area is 425 Å². The molecule has 0 atom stereocenters. The predicted octanol–water partition coefficient (Wildman–Crippen LogP) is 9.98. The summed E-state index contributed by atoms with van der Waals surface area (Å²) in [5.41, 5.74) is 4.19. The molecule has 2 N–H and O–H groups in total. The van der Waals surface area contributed by atoms with Crippen LogP contribution in [-0.2, 0) is 117 Å². The van der Waals surface area contributed by atoms with E-state index in [-0.39, 0.29) is 140 Å². The van der Waals surface area contributed by atoms with Gasteiger partial charge in [0.25, 0.3) is 0 Å². The summed E-state index contributed by atoms with van der Waals surface area (Å²) in [5.74, 6) is 2.79. The van der Waals surface area contributed by atoms with Gasteiger partial charge in [0.1, 0.15) is 12.2 Å². The van der Waals surface area contributed by atoms with Crippen molar-refractivity contribution in [3.63, 3.8) is 0 Å². The fourth-order valence-electron chi connectivity index (χ4n) is 6.51. The first kappa shape index (κ1) is 57.8. The number of rotatable bonds is 13. The van der Waals surface area contributed by atoms with Gasteiger partial charge in [0.15, 0.2) is 0 Å². The molecule has 5 rings (SSSR count). The number of hydrogen-bond donors (Lipinski definition) is 2. The Hall–Kier alpha value is 1.73. The van der Waals surface area contributed by atoms with E-state index in [0.717, 1.165) is 81.9 Å². The summed E-state index contributed by atoms with van der Waals surface area (Å²) in [6, 6.07) is 1.28. The number of nitrogens with one attached hydrogen (secondary N) is 2. The van der Waals surface area contributed by atoms with Crippen molar-refractivity contribution < 1.29 is 117 Å². The zero-order valence-electron chi connectivity index (χ0n) is 34.4. The zero-order valence-corrected chi connectivity index (χ0v) is 45.3. The van der Waals surface area contributed by atoms with Crippen molar-refractivity contribution in [1.29, 1.82) is 0 Å². The van der Waals surface area contributed by atoms with E-state index in [1.807, 2.05) is 47.9 Å². The van der Waals surface area contributed by atoms with Gasteiger partial charge in [0.05, 0.1) is 22.7 Å². The van der Waals surface area contributed by atoms with Crippen molar-refractivity contribution in [2.45, 2.75) is 140 Å². The molecule has 5 aliphatic rings. The zero-order chi connectivity index (χ0) is 36.9. The maximum Gasteiger partial charge on any atom is 0.381 e. The molecule has 0 unspecified atom stereocenters. The van der Waals surface area contributed by atoms with Gasteiger partial charge in [0.2, 0.25) is 0 Å². The third-order valence-electron chi connectivity index (χ3n) is 11.0. The molecule has 0 bridgehead atoms. The summed E-state index contributed by atoms with van der Waals surface area (Å²) in [6.45, 7) is 31.6. The Morgan fingerprint density at radius 3 is 1.65 bits per heavy atom. The van der Waals surface area contributed by atoms with Crippen molar-refractivity contribution in [3.05, 3.63) is 112 Å². The molecule has 4 aliphatic carbocycles. The molecule has 1 aliphatic heterocycles. The molecule has 1 saturated heterocycles. The van der Waals surface area contributed by atoms with E-state index in [1.165, 1.54) is 22.5 Å². The van der Waals surface area contributed by atoms with Crippen molar-refractivity contribution in [1.82, 2.24) is 10.6 Å². The molecular weight excluding hydrogens is 1010 g/mol. The Morgan fingerprint density at radius 2 is 1.24 bits per heavy atom. The van der Waals surface area contributed by atoms with E-state index in [9.17, 15) is 0 Å². The fraction of sp³-hybridized carbons (Fsp3) is 0.581. The van der Waals surface area contributed by atoms with Gasteiger partial charge in [-0.2, -0.15) is 12.8 Å². The van der Waals surface area contributed by atoms with Crippen LogP contribution in [0.25, 0.3) is 0 Å². The molecule has 0 aromatic carbocycles. The van der Waals surface area contributed by atoms with Crippen molar-refractivity contribution in [2.75, 3.05) is 14.1 Å². The molecule has 0 aromatic heterocycles. The standard InChI is InChI=1S/C16H25NO.C16H23NO.C11H19BO2.HI.3Y/c2*1-4-12(5-2)15-8-6-7-9-16(15)18-14-10-13(11-14)17-3;1-7-9(8-2)12-13-10(3,4)11(5,6)14-12;;;;/h6,8,12-14,17H,1-2,4-5,7,9-11H2,3H3;4,6,8,13-14,17H,1-2,5,7,9-11H2,3H3;7H,1-2,8H2,3-6H3;1H;;;/q3*-2;;;;. The molecule has 2 saturated carbocycles. The van der Waals surface area contributed by atoms with Crippen LogP contribution in [0.3, 0.4) is 0 Å². The smallest absolute Gasteiger partial charge is 0.381 e. The van der Waals surface area contributed by atoms with E-state index in [2.05, 4.69) is 76.5 Å². The molecule has 54 heavy (non-hydrogen) atoms. The van der Waals surface area contributed by atoms with E-state index in [0.29, 0.717) is 36.6 Å². The fourth-order valence-corrected chi connectivity index (χ4v) is 6.51. The summed E-state index contributed by atoms with van der Waals surface area (Å²) in [7, 11) is 3.76. The summed E-state index contributed by atoms with van der Waals surface area (Å²) < 4.78 is 24.0. The maximum atomic E-state index is 6.19. The molecule has 299 valence electrons. The monoisotopic (exact) mass is 1080 g/mol. The van der Waals surface area contributed by atoms with Gasteiger partial charge in [-0.25, -0.2) is 49.9 Å². The minimum absolute atomic E-state index is 0. The third-order valence-corrected chi connectivity index (χ3v) is 11.0. The number of allylic oxidation sites excluding steroid dienone is 12. The first-order valence-electron chi connectivity index (χ1n) is 18.9. The van der Waals surface area contributed by atoms with Gasteiger partial charge in [-0.1, -0.05) is 35.8 Å². The summed E-state index contributed by atoms with van der Waals surface area (Å²) in [6.07, 6.45) is 25.3. The molecule has 11 heteroatoms. The van der Waals surface area contributed by atoms with Gasteiger partial charge in [-0.05, 0) is 85.9 Å². The van der Waals surface area contributed by atoms with Crippen LogP contribution < -0.4 is 10.6 Å². The van der Waals surface area contributed by atoms with Gasteiger partial charge in [-0.3, -0.25) is 0 Å². The van der Waals surface area contributed by atoms with Crippen LogP contribution in [0.4, 0.5) is 0 Å². The predicted molar refractivity (Wildman–Crippen MR) is 226 cm³/mol. The normalized spacial score (nSPS) is 25.2. The van der Waals surface area contributed by atoms with Gasteiger partial charge in [0, 0.05) is 123 Å². The SMILES string of the molecule is I.[CH2-]C=C(C[CH2-])B1OC(C)(C)C(C)(C)O1.[CH2-]C=C(C[CH2-])C1=C(OC2CC(NC)C2)CCC=C1.[CH2-]CC(C[CH2-])C1=C(OC2CC(NC)C2)CCC=C1.[Y].[Y].[Y]. The second kappa shape index (κ2) is 29.1. The van der Waals surface area contributed by atoms with E-state index < -0.39 is 0 Å². The quantitative estimate of drug-likeness (QED) is 0.109. The van der Waals surface area contributed by atoms with Gasteiger partial charge >= 0.3 is 7.12 Å². The average molecular weight is 1080 g/mol. The van der Waals surface area contributed by atoms with Crippen LogP contribution in [0, 0.1) is 47.5 Å². The average Bonchev–Trinajstić information content (AvgIpc) is 3.29. The van der Waals surface area contributed by atoms with Crippen LogP contribution in [0.2, 0.25) is 0 Å². The van der Waals surface area contributed by atoms with E-state index in [4.69, 9.17) is 18.8 Å². The van der Waals surface area contributed by atoms with Crippen molar-refractivity contribution >= 4 is 31.1 Å². The third kappa shape index (κ3) is 16.6. The maximum absolute atomic E-state index is 6.19. The largest absolute Gasteiger partial charge is 0.496 e. The molecule has 1 heterocycles. The van der Waals surface area contributed by atoms with Crippen LogP contribution in [-0.4, -0.2) is 56.7 Å². The molecule has 0 spiro atoms. The molecule has 6 nitrogen and oxygen atoms in total. The topological polar surface area (TPSA) is 61.0 Å². The summed E-state index contributed by atoms with van der Waals surface area (Å²) >= 11 is 0. The van der Waals surface area contributed by atoms with Gasteiger partial charge < -0.3 is 57.1 Å². The number of hydrogen-bond acceptors (Lipinski definition) is 6. The first-order valence-corrected chi connectivity index (χ1v) is 18.9. The van der Waals surface area contributed by atoms with Crippen molar-refractivity contribution in [3.8, 4) is 0 Å². The van der Waals surface area contributed by atoms with Crippen LogP contribution >= 0.6 is 24.0 Å². The minimum atomic E-state index is -0.282. The minimum Gasteiger partial charge on any atom is -0.496 e. The van der Waals surface area contributed by atoms with E-state index in [1.54, 1.807) is 6.08 Å². The first-order chi connectivity index (χ1) is 23.9. The van der Waals surface area contributed by atoms with Crippen LogP contribution in [0.1, 0.15) is 105 Å². The molecule has 0 amide bonds. The Balaban J connectivity index is 0. The van der Waals surface area contributed by atoms with Crippen molar-refractivity contribution in [2.24, 2.45) is 5.92 Å². The second-order valence-corrected chi connectivity index (χ2v) is 14.9. The van der Waals surface area contributed by atoms with Crippen LogP contribution in [0.5, 0.6) is 0 Å². The summed E-state index contributed by atoms with van der Waals surface area (Å²) in [4.78, 5) is 0. The van der Waals surface area contributed by atoms with Gasteiger partial charge in [-0.15, -0.1) is 24.0 Å². The number of ether oxygens (including phenoxy) is 2. The Bertz CT molecular complexity index is 1250. The molecule has 0 aromatic rings. The Kier molecular flexibility index (Phi) is 31.1. The molecular formula is C43H68BIN2O4Y3-6. The molecule has 3 fully saturated rings.